The molecule has 0 radical (unpaired) electrons. The molecule has 0 N–H and O–H groups in total. The summed E-state index contributed by atoms with van der Waals surface area (Å²) >= 11 is 3.36. The highest BCUT2D eigenvalue weighted by atomic mass is 79.9. The van der Waals surface area contributed by atoms with E-state index in [1.807, 2.05) is 18.2 Å². The zero-order valence-corrected chi connectivity index (χ0v) is 8.71. The van der Waals surface area contributed by atoms with Crippen molar-refractivity contribution >= 4 is 15.9 Å². The minimum Gasteiger partial charge on any atom is -0.483 e. The molecule has 1 aliphatic rings. The molecule has 0 amide bonds. The topological polar surface area (TPSA) is 27.7 Å². The molecule has 1 aromatic carbocycles. The number of rotatable bonds is 1. The summed E-state index contributed by atoms with van der Waals surface area (Å²) < 4.78 is 16.9. The monoisotopic (exact) mass is 244 g/mol. The van der Waals surface area contributed by atoms with Gasteiger partial charge >= 0.3 is 0 Å². The molecule has 3 nitrogen and oxygen atoms in total. The van der Waals surface area contributed by atoms with Crippen LogP contribution in [-0.2, 0) is 4.74 Å². The van der Waals surface area contributed by atoms with E-state index in [4.69, 9.17) is 14.2 Å². The van der Waals surface area contributed by atoms with Crippen LogP contribution >= 0.6 is 15.9 Å². The molecule has 70 valence electrons. The molecule has 1 aromatic rings. The Morgan fingerprint density at radius 1 is 1.46 bits per heavy atom. The lowest BCUT2D eigenvalue weighted by atomic mass is 10.3. The van der Waals surface area contributed by atoms with Gasteiger partial charge in [-0.3, -0.25) is 0 Å². The van der Waals surface area contributed by atoms with E-state index < -0.39 is 0 Å². The fourth-order valence-electron chi connectivity index (χ4n) is 1.14. The Hall–Kier alpha value is -0.740. The molecule has 1 aliphatic heterocycles. The second kappa shape index (κ2) is 3.55. The molecule has 0 aromatic heterocycles. The van der Waals surface area contributed by atoms with E-state index in [9.17, 15) is 0 Å². The Morgan fingerprint density at radius 2 is 2.31 bits per heavy atom. The van der Waals surface area contributed by atoms with E-state index >= 15 is 0 Å². The van der Waals surface area contributed by atoms with Gasteiger partial charge in [0.15, 0.2) is 18.1 Å². The van der Waals surface area contributed by atoms with Gasteiger partial charge in [0.05, 0.1) is 0 Å². The summed E-state index contributed by atoms with van der Waals surface area (Å²) in [5.41, 5.74) is 0. The van der Waals surface area contributed by atoms with E-state index in [1.165, 1.54) is 0 Å². The van der Waals surface area contributed by atoms with Crippen LogP contribution in [0, 0.1) is 0 Å². The van der Waals surface area contributed by atoms with Crippen molar-refractivity contribution in [2.75, 3.05) is 13.7 Å². The van der Waals surface area contributed by atoms with Crippen LogP contribution in [-0.4, -0.2) is 20.0 Å². The van der Waals surface area contributed by atoms with Gasteiger partial charge in [-0.05, 0) is 18.2 Å². The minimum atomic E-state index is -0.304. The van der Waals surface area contributed by atoms with Gasteiger partial charge in [-0.1, -0.05) is 15.9 Å². The Balaban J connectivity index is 2.27. The summed E-state index contributed by atoms with van der Waals surface area (Å²) in [6.07, 6.45) is -0.304. The van der Waals surface area contributed by atoms with Gasteiger partial charge in [0.25, 0.3) is 0 Å². The minimum absolute atomic E-state index is 0.304. The molecule has 13 heavy (non-hydrogen) atoms. The molecule has 0 spiro atoms. The van der Waals surface area contributed by atoms with E-state index in [-0.39, 0.29) is 6.29 Å². The molecule has 2 rings (SSSR count). The van der Waals surface area contributed by atoms with Gasteiger partial charge in [0.1, 0.15) is 0 Å². The maximum Gasteiger partial charge on any atom is 0.234 e. The fourth-order valence-corrected chi connectivity index (χ4v) is 1.48. The van der Waals surface area contributed by atoms with Gasteiger partial charge in [0, 0.05) is 11.6 Å². The first kappa shape index (κ1) is 8.84. The van der Waals surface area contributed by atoms with E-state index in [0.717, 1.165) is 10.2 Å². The maximum atomic E-state index is 5.48. The lowest BCUT2D eigenvalue weighted by molar-refractivity contribution is -0.0943. The predicted molar refractivity (Wildman–Crippen MR) is 51.1 cm³/mol. The number of methoxy groups -OCH3 is 1. The molecular weight excluding hydrogens is 236 g/mol. The number of hydrogen-bond donors (Lipinski definition) is 0. The largest absolute Gasteiger partial charge is 0.483 e. The number of ether oxygens (including phenoxy) is 3. The molecular formula is C9H9BrO3. The van der Waals surface area contributed by atoms with Crippen LogP contribution in [0.2, 0.25) is 0 Å². The van der Waals surface area contributed by atoms with Gasteiger partial charge in [-0.25, -0.2) is 0 Å². The molecule has 4 heteroatoms. The van der Waals surface area contributed by atoms with Crippen LogP contribution in [0.4, 0.5) is 0 Å². The summed E-state index contributed by atoms with van der Waals surface area (Å²) in [4.78, 5) is 0. The van der Waals surface area contributed by atoms with Crippen LogP contribution in [0.25, 0.3) is 0 Å². The molecule has 0 aliphatic carbocycles. The van der Waals surface area contributed by atoms with Crippen LogP contribution in [0.3, 0.4) is 0 Å². The molecule has 0 saturated carbocycles. The maximum absolute atomic E-state index is 5.48. The third kappa shape index (κ3) is 1.78. The quantitative estimate of drug-likeness (QED) is 0.759. The predicted octanol–water partition coefficient (Wildman–Crippen LogP) is 2.19. The number of hydrogen-bond acceptors (Lipinski definition) is 3. The lowest BCUT2D eigenvalue weighted by Crippen LogP contribution is -2.30. The summed E-state index contributed by atoms with van der Waals surface area (Å²) in [5, 5.41) is 0. The Morgan fingerprint density at radius 3 is 3.08 bits per heavy atom. The van der Waals surface area contributed by atoms with E-state index in [0.29, 0.717) is 12.4 Å². The normalized spacial score (nSPS) is 20.0. The van der Waals surface area contributed by atoms with Crippen molar-refractivity contribution in [2.45, 2.75) is 6.29 Å². The van der Waals surface area contributed by atoms with Crippen LogP contribution in [0.5, 0.6) is 11.5 Å². The number of fused-ring (bicyclic) bond motifs is 1. The summed E-state index contributed by atoms with van der Waals surface area (Å²) in [5.74, 6) is 1.48. The lowest BCUT2D eigenvalue weighted by Gasteiger charge is -2.25. The first-order chi connectivity index (χ1) is 6.29. The molecule has 0 fully saturated rings. The highest BCUT2D eigenvalue weighted by Gasteiger charge is 2.19. The van der Waals surface area contributed by atoms with Crippen LogP contribution in [0.1, 0.15) is 0 Å². The highest BCUT2D eigenvalue weighted by Crippen LogP contribution is 2.34. The smallest absolute Gasteiger partial charge is 0.234 e. The Labute approximate surface area is 84.7 Å². The zero-order chi connectivity index (χ0) is 9.26. The van der Waals surface area contributed by atoms with Gasteiger partial charge < -0.3 is 14.2 Å². The van der Waals surface area contributed by atoms with Crippen molar-refractivity contribution in [1.29, 1.82) is 0 Å². The average Bonchev–Trinajstić information content (AvgIpc) is 2.16. The van der Waals surface area contributed by atoms with Gasteiger partial charge in [0.2, 0.25) is 6.29 Å². The first-order valence-corrected chi connectivity index (χ1v) is 4.70. The molecule has 1 heterocycles. The summed E-state index contributed by atoms with van der Waals surface area (Å²) in [6, 6.07) is 5.64. The van der Waals surface area contributed by atoms with Crippen molar-refractivity contribution in [1.82, 2.24) is 0 Å². The van der Waals surface area contributed by atoms with Crippen molar-refractivity contribution in [3.63, 3.8) is 0 Å². The third-order valence-corrected chi connectivity index (χ3v) is 2.30. The molecule has 0 bridgehead atoms. The van der Waals surface area contributed by atoms with Gasteiger partial charge in [-0.15, -0.1) is 0 Å². The second-order valence-electron chi connectivity index (χ2n) is 2.69. The van der Waals surface area contributed by atoms with E-state index in [1.54, 1.807) is 7.11 Å². The van der Waals surface area contributed by atoms with E-state index in [2.05, 4.69) is 15.9 Å². The summed E-state index contributed by atoms with van der Waals surface area (Å²) in [6.45, 7) is 0.436. The standard InChI is InChI=1S/C9H9BrO3/c1-11-9-5-12-7-3-2-6(10)4-8(7)13-9/h2-4,9H,5H2,1H3. The number of halogens is 1. The Kier molecular flexibility index (Phi) is 2.42. The molecule has 1 atom stereocenters. The number of benzene rings is 1. The van der Waals surface area contributed by atoms with Crippen molar-refractivity contribution in [2.24, 2.45) is 0 Å². The second-order valence-corrected chi connectivity index (χ2v) is 3.60. The Bertz CT molecular complexity index is 314. The third-order valence-electron chi connectivity index (χ3n) is 1.80. The van der Waals surface area contributed by atoms with Crippen molar-refractivity contribution in [3.05, 3.63) is 22.7 Å². The molecule has 0 saturated heterocycles. The molecule has 1 unspecified atom stereocenters. The van der Waals surface area contributed by atoms with Crippen molar-refractivity contribution in [3.8, 4) is 11.5 Å². The first-order valence-electron chi connectivity index (χ1n) is 3.91. The fraction of sp³-hybridized carbons (Fsp3) is 0.333. The van der Waals surface area contributed by atoms with Crippen LogP contribution in [0.15, 0.2) is 22.7 Å². The average molecular weight is 245 g/mol. The highest BCUT2D eigenvalue weighted by molar-refractivity contribution is 9.10. The SMILES string of the molecule is COC1COc2ccc(Br)cc2O1. The zero-order valence-electron chi connectivity index (χ0n) is 7.12. The van der Waals surface area contributed by atoms with Crippen LogP contribution < -0.4 is 9.47 Å². The van der Waals surface area contributed by atoms with Gasteiger partial charge in [-0.2, -0.15) is 0 Å². The van der Waals surface area contributed by atoms with Crippen molar-refractivity contribution < 1.29 is 14.2 Å². The summed E-state index contributed by atoms with van der Waals surface area (Å²) in [7, 11) is 1.59.